The SMILES string of the molecule is COc1ccc(C(=O)C=Cc2ccc(Br)cc2)c(O)c1OC. The zero-order valence-electron chi connectivity index (χ0n) is 12.2. The zero-order chi connectivity index (χ0) is 16.1. The average Bonchev–Trinajstić information content (AvgIpc) is 2.53. The largest absolute Gasteiger partial charge is 0.504 e. The summed E-state index contributed by atoms with van der Waals surface area (Å²) in [5, 5.41) is 10.1. The molecule has 22 heavy (non-hydrogen) atoms. The predicted octanol–water partition coefficient (Wildman–Crippen LogP) is 4.07. The highest BCUT2D eigenvalue weighted by atomic mass is 79.9. The quantitative estimate of drug-likeness (QED) is 0.643. The molecule has 0 aliphatic rings. The first kappa shape index (κ1) is 16.1. The van der Waals surface area contributed by atoms with E-state index in [9.17, 15) is 9.90 Å². The van der Waals surface area contributed by atoms with Gasteiger partial charge in [-0.05, 0) is 35.9 Å². The normalized spacial score (nSPS) is 10.7. The Balaban J connectivity index is 2.28. The minimum absolute atomic E-state index is 0.144. The second-order valence-electron chi connectivity index (χ2n) is 4.45. The number of halogens is 1. The number of ether oxygens (including phenoxy) is 2. The highest BCUT2D eigenvalue weighted by Crippen LogP contribution is 2.39. The fourth-order valence-electron chi connectivity index (χ4n) is 1.95. The summed E-state index contributed by atoms with van der Waals surface area (Å²) in [6.07, 6.45) is 3.09. The van der Waals surface area contributed by atoms with Crippen LogP contribution in [0.3, 0.4) is 0 Å². The summed E-state index contributed by atoms with van der Waals surface area (Å²) in [5.41, 5.74) is 1.04. The molecule has 0 spiro atoms. The topological polar surface area (TPSA) is 55.8 Å². The standard InChI is InChI=1S/C17H15BrO4/c1-21-15-10-8-13(16(20)17(15)22-2)14(19)9-5-11-3-6-12(18)7-4-11/h3-10,20H,1-2H3. The number of ketones is 1. The first-order valence-electron chi connectivity index (χ1n) is 6.48. The first-order chi connectivity index (χ1) is 10.6. The summed E-state index contributed by atoms with van der Waals surface area (Å²) in [5.74, 6) is -0.0347. The van der Waals surface area contributed by atoms with Gasteiger partial charge in [0.1, 0.15) is 0 Å². The van der Waals surface area contributed by atoms with Crippen LogP contribution < -0.4 is 9.47 Å². The molecule has 5 heteroatoms. The summed E-state index contributed by atoms with van der Waals surface area (Å²) >= 11 is 3.35. The maximum Gasteiger partial charge on any atom is 0.203 e. The fourth-order valence-corrected chi connectivity index (χ4v) is 2.21. The van der Waals surface area contributed by atoms with Crippen LogP contribution in [0.5, 0.6) is 17.2 Å². The molecule has 2 rings (SSSR count). The van der Waals surface area contributed by atoms with Crippen LogP contribution >= 0.6 is 15.9 Å². The van der Waals surface area contributed by atoms with Gasteiger partial charge in [0.05, 0.1) is 19.8 Å². The maximum absolute atomic E-state index is 12.2. The Morgan fingerprint density at radius 3 is 2.36 bits per heavy atom. The Hall–Kier alpha value is -2.27. The summed E-state index contributed by atoms with van der Waals surface area (Å²) in [7, 11) is 2.87. The van der Waals surface area contributed by atoms with E-state index in [2.05, 4.69) is 15.9 Å². The Bertz CT molecular complexity index is 705. The van der Waals surface area contributed by atoms with Gasteiger partial charge in [-0.25, -0.2) is 0 Å². The van der Waals surface area contributed by atoms with Crippen molar-refractivity contribution in [1.82, 2.24) is 0 Å². The molecule has 2 aromatic rings. The molecule has 0 amide bonds. The molecule has 0 bridgehead atoms. The van der Waals surface area contributed by atoms with Gasteiger partial charge in [0.2, 0.25) is 5.75 Å². The highest BCUT2D eigenvalue weighted by Gasteiger charge is 2.17. The molecule has 0 aromatic heterocycles. The van der Waals surface area contributed by atoms with Crippen molar-refractivity contribution in [1.29, 1.82) is 0 Å². The molecule has 0 heterocycles. The molecule has 0 aliphatic heterocycles. The number of aromatic hydroxyl groups is 1. The van der Waals surface area contributed by atoms with E-state index in [1.807, 2.05) is 24.3 Å². The van der Waals surface area contributed by atoms with E-state index in [0.717, 1.165) is 10.0 Å². The number of carbonyl (C=O) groups excluding carboxylic acids is 1. The summed E-state index contributed by atoms with van der Waals surface area (Å²) < 4.78 is 11.1. The number of carbonyl (C=O) groups is 1. The van der Waals surface area contributed by atoms with Crippen molar-refractivity contribution in [2.75, 3.05) is 14.2 Å². The molecule has 0 atom stereocenters. The maximum atomic E-state index is 12.2. The second kappa shape index (κ2) is 7.13. The number of rotatable bonds is 5. The van der Waals surface area contributed by atoms with E-state index in [1.54, 1.807) is 12.1 Å². The van der Waals surface area contributed by atoms with Gasteiger partial charge < -0.3 is 14.6 Å². The smallest absolute Gasteiger partial charge is 0.203 e. The zero-order valence-corrected chi connectivity index (χ0v) is 13.8. The molecule has 4 nitrogen and oxygen atoms in total. The van der Waals surface area contributed by atoms with E-state index in [-0.39, 0.29) is 22.8 Å². The number of hydrogen-bond donors (Lipinski definition) is 1. The molecular formula is C17H15BrO4. The van der Waals surface area contributed by atoms with Crippen molar-refractivity contribution in [3.8, 4) is 17.2 Å². The molecule has 0 aliphatic carbocycles. The number of allylic oxidation sites excluding steroid dienone is 1. The van der Waals surface area contributed by atoms with Crippen molar-refractivity contribution in [2.45, 2.75) is 0 Å². The molecular weight excluding hydrogens is 348 g/mol. The van der Waals surface area contributed by atoms with E-state index in [0.29, 0.717) is 5.75 Å². The molecule has 0 saturated carbocycles. The van der Waals surface area contributed by atoms with Crippen LogP contribution in [-0.4, -0.2) is 25.1 Å². The number of benzene rings is 2. The average molecular weight is 363 g/mol. The van der Waals surface area contributed by atoms with Crippen LogP contribution in [0, 0.1) is 0 Å². The third kappa shape index (κ3) is 3.49. The van der Waals surface area contributed by atoms with Crippen LogP contribution in [0.25, 0.3) is 6.08 Å². The van der Waals surface area contributed by atoms with Gasteiger partial charge >= 0.3 is 0 Å². The molecule has 114 valence electrons. The van der Waals surface area contributed by atoms with Crippen LogP contribution in [0.4, 0.5) is 0 Å². The molecule has 0 fully saturated rings. The minimum Gasteiger partial charge on any atom is -0.504 e. The third-order valence-electron chi connectivity index (χ3n) is 3.08. The van der Waals surface area contributed by atoms with Gasteiger partial charge in [-0.15, -0.1) is 0 Å². The van der Waals surface area contributed by atoms with Crippen molar-refractivity contribution < 1.29 is 19.4 Å². The van der Waals surface area contributed by atoms with Crippen molar-refractivity contribution >= 4 is 27.8 Å². The summed E-state index contributed by atoms with van der Waals surface area (Å²) in [6.45, 7) is 0. The Kier molecular flexibility index (Phi) is 5.22. The molecule has 1 N–H and O–H groups in total. The van der Waals surface area contributed by atoms with Gasteiger partial charge in [0, 0.05) is 4.47 Å². The molecule has 2 aromatic carbocycles. The Labute approximate surface area is 137 Å². The van der Waals surface area contributed by atoms with Crippen molar-refractivity contribution in [3.63, 3.8) is 0 Å². The number of hydrogen-bond acceptors (Lipinski definition) is 4. The lowest BCUT2D eigenvalue weighted by Gasteiger charge is -2.11. The van der Waals surface area contributed by atoms with Crippen LogP contribution in [0.2, 0.25) is 0 Å². The summed E-state index contributed by atoms with van der Waals surface area (Å²) in [4.78, 5) is 12.2. The van der Waals surface area contributed by atoms with Gasteiger partial charge in [0.25, 0.3) is 0 Å². The molecule has 0 unspecified atom stereocenters. The lowest BCUT2D eigenvalue weighted by molar-refractivity contribution is 0.104. The van der Waals surface area contributed by atoms with Gasteiger partial charge in [-0.2, -0.15) is 0 Å². The predicted molar refractivity (Wildman–Crippen MR) is 88.7 cm³/mol. The van der Waals surface area contributed by atoms with Gasteiger partial charge in [0.15, 0.2) is 17.3 Å². The molecule has 0 saturated heterocycles. The van der Waals surface area contributed by atoms with E-state index in [4.69, 9.17) is 9.47 Å². The van der Waals surface area contributed by atoms with Crippen molar-refractivity contribution in [3.05, 3.63) is 58.1 Å². The van der Waals surface area contributed by atoms with E-state index in [1.165, 1.54) is 26.4 Å². The van der Waals surface area contributed by atoms with Crippen LogP contribution in [0.15, 0.2) is 46.9 Å². The van der Waals surface area contributed by atoms with Crippen LogP contribution in [-0.2, 0) is 0 Å². The summed E-state index contributed by atoms with van der Waals surface area (Å²) in [6, 6.07) is 10.6. The van der Waals surface area contributed by atoms with E-state index < -0.39 is 0 Å². The monoisotopic (exact) mass is 362 g/mol. The number of phenolic OH excluding ortho intramolecular Hbond substituents is 1. The fraction of sp³-hybridized carbons (Fsp3) is 0.118. The van der Waals surface area contributed by atoms with Crippen LogP contribution in [0.1, 0.15) is 15.9 Å². The second-order valence-corrected chi connectivity index (χ2v) is 5.36. The Morgan fingerprint density at radius 1 is 1.09 bits per heavy atom. The van der Waals surface area contributed by atoms with Gasteiger partial charge in [-0.3, -0.25) is 4.79 Å². The molecule has 0 radical (unpaired) electrons. The van der Waals surface area contributed by atoms with Crippen molar-refractivity contribution in [2.24, 2.45) is 0 Å². The number of phenols is 1. The number of methoxy groups -OCH3 is 2. The van der Waals surface area contributed by atoms with Gasteiger partial charge in [-0.1, -0.05) is 34.1 Å². The lowest BCUT2D eigenvalue weighted by atomic mass is 10.1. The minimum atomic E-state index is -0.318. The van der Waals surface area contributed by atoms with E-state index >= 15 is 0 Å². The third-order valence-corrected chi connectivity index (χ3v) is 3.61. The Morgan fingerprint density at radius 2 is 1.77 bits per heavy atom. The highest BCUT2D eigenvalue weighted by molar-refractivity contribution is 9.10. The first-order valence-corrected chi connectivity index (χ1v) is 7.28. The lowest BCUT2D eigenvalue weighted by Crippen LogP contribution is -1.99.